The normalized spacial score (nSPS) is 11.2. The van der Waals surface area contributed by atoms with E-state index in [1.165, 1.54) is 0 Å². The Hall–Kier alpha value is -2.50. The van der Waals surface area contributed by atoms with E-state index in [9.17, 15) is 0 Å². The average molecular weight is 370 g/mol. The van der Waals surface area contributed by atoms with Crippen LogP contribution in [-0.2, 0) is 0 Å². The predicted molar refractivity (Wildman–Crippen MR) is 98.9 cm³/mol. The van der Waals surface area contributed by atoms with Crippen LogP contribution in [0.5, 0.6) is 0 Å². The molecule has 0 amide bonds. The van der Waals surface area contributed by atoms with Crippen LogP contribution in [0.1, 0.15) is 11.5 Å². The van der Waals surface area contributed by atoms with Gasteiger partial charge in [-0.05, 0) is 38.1 Å². The zero-order chi connectivity index (χ0) is 17.6. The van der Waals surface area contributed by atoms with Crippen molar-refractivity contribution in [1.29, 1.82) is 0 Å². The summed E-state index contributed by atoms with van der Waals surface area (Å²) in [5.41, 5.74) is 4.10. The Kier molecular flexibility index (Phi) is 3.90. The Labute approximate surface area is 154 Å². The minimum absolute atomic E-state index is 0.560. The molecule has 0 spiro atoms. The molecule has 7 heteroatoms. The van der Waals surface area contributed by atoms with E-state index in [0.717, 1.165) is 22.4 Å². The Morgan fingerprint density at radius 2 is 1.88 bits per heavy atom. The summed E-state index contributed by atoms with van der Waals surface area (Å²) in [4.78, 5) is 13.3. The van der Waals surface area contributed by atoms with E-state index in [4.69, 9.17) is 23.2 Å². The van der Waals surface area contributed by atoms with E-state index in [0.29, 0.717) is 27.3 Å². The first-order valence-electron chi connectivity index (χ1n) is 7.64. The third-order valence-electron chi connectivity index (χ3n) is 3.89. The summed E-state index contributed by atoms with van der Waals surface area (Å²) in [5, 5.41) is 5.79. The van der Waals surface area contributed by atoms with Crippen LogP contribution in [0.3, 0.4) is 0 Å². The van der Waals surface area contributed by atoms with Crippen LogP contribution >= 0.6 is 23.2 Å². The molecule has 5 nitrogen and oxygen atoms in total. The third-order valence-corrected chi connectivity index (χ3v) is 4.44. The topological polar surface area (TPSA) is 56.0 Å². The van der Waals surface area contributed by atoms with E-state index < -0.39 is 0 Å². The lowest BCUT2D eigenvalue weighted by molar-refractivity contribution is 0.867. The van der Waals surface area contributed by atoms with E-state index in [1.807, 2.05) is 38.1 Å². The lowest BCUT2D eigenvalue weighted by Crippen LogP contribution is -2.03. The van der Waals surface area contributed by atoms with Gasteiger partial charge in [0, 0.05) is 28.5 Å². The van der Waals surface area contributed by atoms with E-state index >= 15 is 0 Å². The first-order chi connectivity index (χ1) is 12.0. The molecule has 0 radical (unpaired) electrons. The van der Waals surface area contributed by atoms with Crippen molar-refractivity contribution in [2.75, 3.05) is 0 Å². The highest BCUT2D eigenvalue weighted by Crippen LogP contribution is 2.35. The van der Waals surface area contributed by atoms with Gasteiger partial charge in [0.15, 0.2) is 11.5 Å². The number of fused-ring (bicyclic) bond motifs is 1. The number of hydrogen-bond acceptors (Lipinski definition) is 4. The largest absolute Gasteiger partial charge is 0.264 e. The fraction of sp³-hybridized carbons (Fsp3) is 0.111. The molecule has 124 valence electrons. The molecular weight excluding hydrogens is 357 g/mol. The molecule has 1 aromatic carbocycles. The molecule has 0 saturated carbocycles. The first-order valence-corrected chi connectivity index (χ1v) is 8.40. The number of nitrogens with zero attached hydrogens (tertiary/aromatic N) is 5. The van der Waals surface area contributed by atoms with Gasteiger partial charge in [-0.3, -0.25) is 4.98 Å². The van der Waals surface area contributed by atoms with Gasteiger partial charge in [-0.1, -0.05) is 29.3 Å². The van der Waals surface area contributed by atoms with Gasteiger partial charge >= 0.3 is 0 Å². The molecule has 25 heavy (non-hydrogen) atoms. The molecule has 0 saturated heterocycles. The van der Waals surface area contributed by atoms with Crippen LogP contribution in [0.15, 0.2) is 42.7 Å². The van der Waals surface area contributed by atoms with Gasteiger partial charge in [-0.25, -0.2) is 9.97 Å². The maximum Gasteiger partial charge on any atom is 0.167 e. The first kappa shape index (κ1) is 16.0. The molecular formula is C18H13Cl2N5. The molecule has 4 rings (SSSR count). The molecule has 0 aliphatic rings. The smallest absolute Gasteiger partial charge is 0.167 e. The number of rotatable bonds is 2. The zero-order valence-electron chi connectivity index (χ0n) is 13.5. The Morgan fingerprint density at radius 1 is 1.04 bits per heavy atom. The fourth-order valence-corrected chi connectivity index (χ4v) is 3.34. The second-order valence-electron chi connectivity index (χ2n) is 5.66. The van der Waals surface area contributed by atoms with Crippen LogP contribution in [-0.4, -0.2) is 24.6 Å². The molecule has 0 aliphatic heterocycles. The van der Waals surface area contributed by atoms with E-state index in [1.54, 1.807) is 23.0 Å². The maximum atomic E-state index is 6.42. The van der Waals surface area contributed by atoms with Gasteiger partial charge in [0.25, 0.3) is 0 Å². The Balaban J connectivity index is 2.05. The molecule has 0 atom stereocenters. The van der Waals surface area contributed by atoms with Crippen molar-refractivity contribution in [2.45, 2.75) is 13.8 Å². The highest BCUT2D eigenvalue weighted by atomic mass is 35.5. The summed E-state index contributed by atoms with van der Waals surface area (Å²) in [6.07, 6.45) is 3.48. The van der Waals surface area contributed by atoms with Crippen LogP contribution in [0.2, 0.25) is 10.0 Å². The summed E-state index contributed by atoms with van der Waals surface area (Å²) in [7, 11) is 0. The van der Waals surface area contributed by atoms with E-state index in [2.05, 4.69) is 20.1 Å². The number of pyridine rings is 1. The monoisotopic (exact) mass is 369 g/mol. The molecule has 0 N–H and O–H groups in total. The summed E-state index contributed by atoms with van der Waals surface area (Å²) in [5.74, 6) is 1.34. The molecule has 4 aromatic rings. The summed E-state index contributed by atoms with van der Waals surface area (Å²) in [6.45, 7) is 3.78. The van der Waals surface area contributed by atoms with Crippen molar-refractivity contribution in [3.05, 3.63) is 64.3 Å². The standard InChI is InChI=1S/C18H13Cl2N5/c1-10-16(14-6-5-13(19)8-15(14)20)18-23-11(2)22-17(25(18)24-10)12-4-3-7-21-9-12/h3-9H,1-2H3. The lowest BCUT2D eigenvalue weighted by atomic mass is 10.1. The second-order valence-corrected chi connectivity index (χ2v) is 6.50. The fourth-order valence-electron chi connectivity index (χ4n) is 2.83. The second kappa shape index (κ2) is 6.10. The van der Waals surface area contributed by atoms with Gasteiger partial charge in [0.05, 0.1) is 16.3 Å². The number of aromatic nitrogens is 5. The number of halogens is 2. The van der Waals surface area contributed by atoms with E-state index in [-0.39, 0.29) is 0 Å². The zero-order valence-corrected chi connectivity index (χ0v) is 15.0. The summed E-state index contributed by atoms with van der Waals surface area (Å²) >= 11 is 12.4. The average Bonchev–Trinajstić information content (AvgIpc) is 2.91. The molecule has 0 unspecified atom stereocenters. The van der Waals surface area contributed by atoms with Crippen LogP contribution < -0.4 is 0 Å². The number of hydrogen-bond donors (Lipinski definition) is 0. The highest BCUT2D eigenvalue weighted by molar-refractivity contribution is 6.36. The van der Waals surface area contributed by atoms with Crippen LogP contribution in [0, 0.1) is 13.8 Å². The molecule has 0 fully saturated rings. The van der Waals surface area contributed by atoms with Crippen LogP contribution in [0.4, 0.5) is 0 Å². The highest BCUT2D eigenvalue weighted by Gasteiger charge is 2.19. The SMILES string of the molecule is Cc1nc(-c2cccnc2)n2nc(C)c(-c3ccc(Cl)cc3Cl)c2n1. The van der Waals surface area contributed by atoms with Gasteiger partial charge < -0.3 is 0 Å². The van der Waals surface area contributed by atoms with Crippen molar-refractivity contribution >= 4 is 28.8 Å². The predicted octanol–water partition coefficient (Wildman–Crippen LogP) is 4.78. The van der Waals surface area contributed by atoms with Crippen molar-refractivity contribution < 1.29 is 0 Å². The minimum Gasteiger partial charge on any atom is -0.264 e. The minimum atomic E-state index is 0.560. The van der Waals surface area contributed by atoms with Crippen molar-refractivity contribution in [1.82, 2.24) is 24.6 Å². The van der Waals surface area contributed by atoms with Crippen molar-refractivity contribution in [2.24, 2.45) is 0 Å². The third kappa shape index (κ3) is 2.75. The lowest BCUT2D eigenvalue weighted by Gasteiger charge is -2.07. The van der Waals surface area contributed by atoms with Crippen LogP contribution in [0.25, 0.3) is 28.2 Å². The quantitative estimate of drug-likeness (QED) is 0.510. The van der Waals surface area contributed by atoms with Gasteiger partial charge in [0.2, 0.25) is 0 Å². The summed E-state index contributed by atoms with van der Waals surface area (Å²) in [6, 6.07) is 9.22. The van der Waals surface area contributed by atoms with Gasteiger partial charge in [0.1, 0.15) is 5.82 Å². The molecule has 0 aliphatic carbocycles. The number of aryl methyl sites for hydroxylation is 2. The Morgan fingerprint density at radius 3 is 2.60 bits per heavy atom. The number of benzene rings is 1. The van der Waals surface area contributed by atoms with Gasteiger partial charge in [-0.2, -0.15) is 9.61 Å². The summed E-state index contributed by atoms with van der Waals surface area (Å²) < 4.78 is 1.74. The molecule has 0 bridgehead atoms. The molecule has 3 aromatic heterocycles. The molecule has 3 heterocycles. The van der Waals surface area contributed by atoms with Gasteiger partial charge in [-0.15, -0.1) is 0 Å². The maximum absolute atomic E-state index is 6.42. The van der Waals surface area contributed by atoms with Crippen molar-refractivity contribution in [3.63, 3.8) is 0 Å². The van der Waals surface area contributed by atoms with Crippen molar-refractivity contribution in [3.8, 4) is 22.5 Å². The Bertz CT molecular complexity index is 1090.